The van der Waals surface area contributed by atoms with Gasteiger partial charge < -0.3 is 16.2 Å². The van der Waals surface area contributed by atoms with Crippen LogP contribution < -0.4 is 21.6 Å². The number of aliphatic imine (C=N–C) groups is 1. The molecule has 0 unspecified atom stereocenters. The van der Waals surface area contributed by atoms with Gasteiger partial charge in [-0.25, -0.2) is 24.1 Å². The number of aliphatic hydroxyl groups is 1. The molecule has 2 aromatic heterocycles. The van der Waals surface area contributed by atoms with E-state index in [1.165, 1.54) is 35.1 Å². The van der Waals surface area contributed by atoms with Crippen LogP contribution in [0.25, 0.3) is 17.3 Å². The van der Waals surface area contributed by atoms with Crippen molar-refractivity contribution in [2.24, 2.45) is 22.9 Å². The third-order valence-corrected chi connectivity index (χ3v) is 7.32. The molecule has 11 nitrogen and oxygen atoms in total. The average molecular weight is 586 g/mol. The van der Waals surface area contributed by atoms with Gasteiger partial charge in [-0.1, -0.05) is 26.8 Å². The highest BCUT2D eigenvalue weighted by Crippen LogP contribution is 2.32. The van der Waals surface area contributed by atoms with E-state index in [1.54, 1.807) is 30.6 Å². The van der Waals surface area contributed by atoms with Crippen LogP contribution in [0.4, 0.5) is 15.9 Å². The van der Waals surface area contributed by atoms with Crippen LogP contribution in [0, 0.1) is 5.82 Å². The number of aromatic nitrogens is 3. The van der Waals surface area contributed by atoms with Crippen molar-refractivity contribution in [2.75, 3.05) is 31.7 Å². The van der Waals surface area contributed by atoms with Gasteiger partial charge in [0.1, 0.15) is 17.3 Å². The summed E-state index contributed by atoms with van der Waals surface area (Å²) in [5, 5.41) is 24.1. The normalized spacial score (nSPS) is 16.8. The highest BCUT2D eigenvalue weighted by Gasteiger charge is 2.22. The number of hydrazone groups is 1. The van der Waals surface area contributed by atoms with E-state index < -0.39 is 12.2 Å². The number of nitrogens with one attached hydrogen (secondary N) is 1. The summed E-state index contributed by atoms with van der Waals surface area (Å²) in [7, 11) is 3.54. The van der Waals surface area contributed by atoms with Gasteiger partial charge in [-0.2, -0.15) is 10.2 Å². The number of aliphatic hydroxyl groups excluding tert-OH is 1. The Labute approximate surface area is 249 Å². The first-order valence-corrected chi connectivity index (χ1v) is 13.9. The first-order valence-electron chi connectivity index (χ1n) is 13.9. The Morgan fingerprint density at radius 3 is 2.77 bits per heavy atom. The molecule has 1 saturated heterocycles. The van der Waals surface area contributed by atoms with E-state index in [0.29, 0.717) is 40.3 Å². The summed E-state index contributed by atoms with van der Waals surface area (Å²) < 4.78 is 16.3. The maximum atomic E-state index is 15.1. The molecule has 224 valence electrons. The molecule has 4 N–H and O–H groups in total. The number of nitrogens with zero attached hydrogens (tertiary/aromatic N) is 7. The molecule has 2 aliphatic rings. The lowest BCUT2D eigenvalue weighted by Gasteiger charge is -2.25. The number of likely N-dealkylation sites (N-methyl/N-ethyl adjacent to an activating group) is 1. The van der Waals surface area contributed by atoms with Crippen LogP contribution in [0.2, 0.25) is 0 Å². The van der Waals surface area contributed by atoms with Crippen molar-refractivity contribution in [3.05, 3.63) is 86.9 Å². The summed E-state index contributed by atoms with van der Waals surface area (Å²) in [4.78, 5) is 23.9. The van der Waals surface area contributed by atoms with Gasteiger partial charge >= 0.3 is 0 Å². The lowest BCUT2D eigenvalue weighted by molar-refractivity contribution is 0.282. The molecule has 0 atom stereocenters. The lowest BCUT2D eigenvalue weighted by atomic mass is 9.85. The highest BCUT2D eigenvalue weighted by atomic mass is 19.1. The van der Waals surface area contributed by atoms with Crippen molar-refractivity contribution in [1.29, 1.82) is 0 Å². The number of hydrogen-bond acceptors (Lipinski definition) is 9. The fraction of sp³-hybridized carbons (Fsp3) is 0.323. The van der Waals surface area contributed by atoms with E-state index in [9.17, 15) is 9.90 Å². The van der Waals surface area contributed by atoms with E-state index in [2.05, 4.69) is 30.4 Å². The van der Waals surface area contributed by atoms with Crippen molar-refractivity contribution in [1.82, 2.24) is 25.0 Å². The number of nitrogens with two attached hydrogens (primary N) is 1. The van der Waals surface area contributed by atoms with E-state index in [4.69, 9.17) is 5.73 Å². The number of fused-ring (bicyclic) bond motifs is 1. The molecule has 0 saturated carbocycles. The molecule has 12 heteroatoms. The van der Waals surface area contributed by atoms with Gasteiger partial charge in [0.05, 0.1) is 18.5 Å². The Balaban J connectivity index is 1.53. The number of pyridine rings is 1. The standard InChI is InChI=1S/C31H36FN9O2/c1-31(2,3)20-12-19-7-10-41(36-16-23(19)25(32)13-20)29-24(18-42)22(6-8-35-29)26-15-27(30(43)40(5)38-26)37-28(33)14-21-17-39(4)11-9-34-21/h6-8,10,12-16,34,42H,9,11,17-18H2,1-5H3,(H2,33,37)/b21-14-. The molecule has 3 aromatic rings. The zero-order valence-electron chi connectivity index (χ0n) is 25.0. The molecule has 5 rings (SSSR count). The second-order valence-corrected chi connectivity index (χ2v) is 11.6. The minimum Gasteiger partial charge on any atom is -0.392 e. The number of piperazine rings is 1. The van der Waals surface area contributed by atoms with Crippen LogP contribution >= 0.6 is 0 Å². The molecule has 4 heterocycles. The highest BCUT2D eigenvalue weighted by molar-refractivity contribution is 5.94. The largest absolute Gasteiger partial charge is 0.392 e. The summed E-state index contributed by atoms with van der Waals surface area (Å²) in [5.74, 6) is 0.134. The zero-order chi connectivity index (χ0) is 30.9. The Morgan fingerprint density at radius 1 is 1.26 bits per heavy atom. The molecule has 1 aromatic carbocycles. The molecule has 0 spiro atoms. The Bertz CT molecular complexity index is 1730. The van der Waals surface area contributed by atoms with E-state index in [-0.39, 0.29) is 22.8 Å². The van der Waals surface area contributed by atoms with Crippen molar-refractivity contribution >= 4 is 29.6 Å². The minimum absolute atomic E-state index is 0.0986. The zero-order valence-corrected chi connectivity index (χ0v) is 25.0. The van der Waals surface area contributed by atoms with Gasteiger partial charge in [-0.05, 0) is 47.9 Å². The van der Waals surface area contributed by atoms with Crippen molar-refractivity contribution in [3.63, 3.8) is 0 Å². The Kier molecular flexibility index (Phi) is 8.25. The number of aryl methyl sites for hydroxylation is 1. The number of anilines is 1. The van der Waals surface area contributed by atoms with E-state index in [1.807, 2.05) is 33.9 Å². The molecular formula is C31H36FN9O2. The van der Waals surface area contributed by atoms with Gasteiger partial charge in [0, 0.05) is 67.5 Å². The van der Waals surface area contributed by atoms with Crippen LogP contribution in [0.15, 0.2) is 63.3 Å². The van der Waals surface area contributed by atoms with E-state index >= 15 is 4.39 Å². The molecule has 0 aliphatic carbocycles. The second-order valence-electron chi connectivity index (χ2n) is 11.6. The smallest absolute Gasteiger partial charge is 0.292 e. The summed E-state index contributed by atoms with van der Waals surface area (Å²) in [6, 6.07) is 6.71. The fourth-order valence-electron chi connectivity index (χ4n) is 4.94. The maximum absolute atomic E-state index is 15.1. The third-order valence-electron chi connectivity index (χ3n) is 7.32. The van der Waals surface area contributed by atoms with Crippen LogP contribution in [0.5, 0.6) is 0 Å². The third kappa shape index (κ3) is 6.40. The number of amidine groups is 1. The molecule has 0 radical (unpaired) electrons. The predicted octanol–water partition coefficient (Wildman–Crippen LogP) is 3.00. The van der Waals surface area contributed by atoms with Gasteiger partial charge in [0.25, 0.3) is 5.56 Å². The summed E-state index contributed by atoms with van der Waals surface area (Å²) in [6.07, 6.45) is 8.16. The van der Waals surface area contributed by atoms with Crippen LogP contribution in [0.1, 0.15) is 43.0 Å². The summed E-state index contributed by atoms with van der Waals surface area (Å²) >= 11 is 0. The number of hydrogen-bond donors (Lipinski definition) is 3. The molecule has 2 aliphatic heterocycles. The van der Waals surface area contributed by atoms with Gasteiger partial charge in [0.15, 0.2) is 5.82 Å². The molecule has 43 heavy (non-hydrogen) atoms. The molecular weight excluding hydrogens is 549 g/mol. The Morgan fingerprint density at radius 2 is 2.05 bits per heavy atom. The number of halogens is 1. The van der Waals surface area contributed by atoms with Gasteiger partial charge in [-0.3, -0.25) is 9.69 Å². The van der Waals surface area contributed by atoms with Crippen LogP contribution in [0.3, 0.4) is 0 Å². The number of rotatable bonds is 5. The van der Waals surface area contributed by atoms with Crippen LogP contribution in [-0.2, 0) is 19.1 Å². The number of benzene rings is 1. The minimum atomic E-state index is -0.423. The van der Waals surface area contributed by atoms with Crippen molar-refractivity contribution < 1.29 is 9.50 Å². The average Bonchev–Trinajstić information content (AvgIpc) is 3.17. The quantitative estimate of drug-likeness (QED) is 0.307. The maximum Gasteiger partial charge on any atom is 0.292 e. The van der Waals surface area contributed by atoms with Gasteiger partial charge in [-0.15, -0.1) is 0 Å². The predicted molar refractivity (Wildman–Crippen MR) is 168 cm³/mol. The SMILES string of the molecule is CN1CCN/C(=C\C(N)=Nc2cc(-c3ccnc(N4C=Cc5cc(C(C)(C)C)cc(F)c5C=N4)c3CO)nn(C)c2=O)C1. The fourth-order valence-corrected chi connectivity index (χ4v) is 4.94. The molecule has 0 bridgehead atoms. The van der Waals surface area contributed by atoms with Gasteiger partial charge in [0.2, 0.25) is 0 Å². The molecule has 0 amide bonds. The topological polar surface area (TPSA) is 137 Å². The summed E-state index contributed by atoms with van der Waals surface area (Å²) in [6.45, 7) is 8.09. The van der Waals surface area contributed by atoms with E-state index in [0.717, 1.165) is 24.4 Å². The summed E-state index contributed by atoms with van der Waals surface area (Å²) in [5.41, 5.74) is 9.79. The first-order chi connectivity index (χ1) is 20.4. The molecule has 1 fully saturated rings. The monoisotopic (exact) mass is 585 g/mol. The van der Waals surface area contributed by atoms with Crippen LogP contribution in [-0.4, -0.2) is 63.5 Å². The van der Waals surface area contributed by atoms with Crippen molar-refractivity contribution in [2.45, 2.75) is 32.8 Å². The van der Waals surface area contributed by atoms with Crippen molar-refractivity contribution in [3.8, 4) is 11.3 Å². The second kappa shape index (κ2) is 11.9. The lowest BCUT2D eigenvalue weighted by Crippen LogP contribution is -2.40. The Hall–Kier alpha value is -4.68. The first kappa shape index (κ1) is 29.8.